The highest BCUT2D eigenvalue weighted by molar-refractivity contribution is 7.90. The first-order valence-corrected chi connectivity index (χ1v) is 9.02. The summed E-state index contributed by atoms with van der Waals surface area (Å²) in [7, 11) is -3.52. The zero-order valence-electron chi connectivity index (χ0n) is 13.3. The molecule has 1 aliphatic rings. The minimum absolute atomic E-state index is 0.0244. The van der Waals surface area contributed by atoms with Crippen molar-refractivity contribution in [2.45, 2.75) is 51.2 Å². The van der Waals surface area contributed by atoms with Crippen LogP contribution < -0.4 is 10.5 Å². The first-order chi connectivity index (χ1) is 10.1. The van der Waals surface area contributed by atoms with E-state index in [4.69, 9.17) is 5.73 Å². The monoisotopic (exact) mass is 327 g/mol. The van der Waals surface area contributed by atoms with Crippen LogP contribution in [0.25, 0.3) is 0 Å². The standard InChI is InChI=1S/C16H24FN2O2S/c1-16(2,3)22(20,21)19-15(9-6-11-4-5-11)12-7-8-13(17)14(18)10-12/h7-8,10-11,19H,4-6,9,18H2,1-3H3. The van der Waals surface area contributed by atoms with Crippen molar-refractivity contribution < 1.29 is 12.8 Å². The van der Waals surface area contributed by atoms with Crippen LogP contribution in [0, 0.1) is 17.8 Å². The molecule has 1 aromatic rings. The Labute approximate surface area is 132 Å². The highest BCUT2D eigenvalue weighted by Gasteiger charge is 2.33. The van der Waals surface area contributed by atoms with Gasteiger partial charge in [0.1, 0.15) is 5.82 Å². The van der Waals surface area contributed by atoms with Gasteiger partial charge < -0.3 is 5.73 Å². The molecule has 0 atom stereocenters. The lowest BCUT2D eigenvalue weighted by Crippen LogP contribution is -2.41. The molecule has 0 amide bonds. The third-order valence-electron chi connectivity index (χ3n) is 3.91. The summed E-state index contributed by atoms with van der Waals surface area (Å²) >= 11 is 0. The van der Waals surface area contributed by atoms with Gasteiger partial charge in [-0.3, -0.25) is 0 Å². The first-order valence-electron chi connectivity index (χ1n) is 7.54. The molecule has 0 heterocycles. The fourth-order valence-corrected chi connectivity index (χ4v) is 2.91. The Kier molecular flexibility index (Phi) is 4.82. The van der Waals surface area contributed by atoms with Crippen LogP contribution in [0.3, 0.4) is 0 Å². The minimum Gasteiger partial charge on any atom is -0.396 e. The molecule has 1 radical (unpaired) electrons. The zero-order valence-corrected chi connectivity index (χ0v) is 14.1. The van der Waals surface area contributed by atoms with Crippen molar-refractivity contribution >= 4 is 15.7 Å². The summed E-state index contributed by atoms with van der Waals surface area (Å²) in [5, 5.41) is 0. The molecule has 6 heteroatoms. The molecular formula is C16H24FN2O2S. The Morgan fingerprint density at radius 3 is 2.50 bits per heavy atom. The van der Waals surface area contributed by atoms with Gasteiger partial charge in [0, 0.05) is 0 Å². The van der Waals surface area contributed by atoms with Crippen molar-refractivity contribution in [3.8, 4) is 0 Å². The van der Waals surface area contributed by atoms with Gasteiger partial charge in [0.25, 0.3) is 0 Å². The number of rotatable bonds is 6. The molecule has 0 unspecified atom stereocenters. The predicted molar refractivity (Wildman–Crippen MR) is 86.9 cm³/mol. The van der Waals surface area contributed by atoms with Gasteiger partial charge in [-0.15, -0.1) is 0 Å². The molecule has 3 N–H and O–H groups in total. The predicted octanol–water partition coefficient (Wildman–Crippen LogP) is 3.20. The summed E-state index contributed by atoms with van der Waals surface area (Å²) < 4.78 is 39.9. The van der Waals surface area contributed by atoms with E-state index in [1.54, 1.807) is 26.8 Å². The van der Waals surface area contributed by atoms with Gasteiger partial charge in [0.15, 0.2) is 0 Å². The van der Waals surface area contributed by atoms with E-state index >= 15 is 0 Å². The summed E-state index contributed by atoms with van der Waals surface area (Å²) in [5.41, 5.74) is 6.27. The summed E-state index contributed by atoms with van der Waals surface area (Å²) in [6, 6.07) is 4.92. The van der Waals surface area contributed by atoms with Crippen molar-refractivity contribution in [1.29, 1.82) is 0 Å². The molecule has 1 aliphatic carbocycles. The lowest BCUT2D eigenvalue weighted by Gasteiger charge is -2.25. The van der Waals surface area contributed by atoms with E-state index in [1.807, 2.05) is 0 Å². The van der Waals surface area contributed by atoms with Crippen LogP contribution in [0.2, 0.25) is 0 Å². The van der Waals surface area contributed by atoms with E-state index in [-0.39, 0.29) is 5.69 Å². The number of benzene rings is 1. The SMILES string of the molecule is CC(C)(C)S(=O)(=O)N[C](CCC1CC1)c1ccc(F)c(N)c1. The van der Waals surface area contributed by atoms with Gasteiger partial charge in [0.05, 0.1) is 16.5 Å². The Balaban J connectivity index is 2.23. The Hall–Kier alpha value is -1.14. The molecule has 1 saturated carbocycles. The van der Waals surface area contributed by atoms with E-state index < -0.39 is 20.6 Å². The molecule has 1 fully saturated rings. The van der Waals surface area contributed by atoms with E-state index in [9.17, 15) is 12.8 Å². The maximum atomic E-state index is 13.3. The van der Waals surface area contributed by atoms with Crippen LogP contribution in [-0.4, -0.2) is 13.2 Å². The molecule has 1 aromatic carbocycles. The first kappa shape index (κ1) is 17.2. The highest BCUT2D eigenvalue weighted by atomic mass is 32.2. The molecule has 0 aliphatic heterocycles. The van der Waals surface area contributed by atoms with E-state index in [0.717, 1.165) is 6.42 Å². The molecule has 0 spiro atoms. The lowest BCUT2D eigenvalue weighted by atomic mass is 10.0. The molecular weight excluding hydrogens is 303 g/mol. The smallest absolute Gasteiger partial charge is 0.217 e. The minimum atomic E-state index is -3.52. The maximum absolute atomic E-state index is 13.3. The van der Waals surface area contributed by atoms with Gasteiger partial charge in [-0.1, -0.05) is 18.9 Å². The van der Waals surface area contributed by atoms with E-state index in [0.29, 0.717) is 23.9 Å². The number of anilines is 1. The second kappa shape index (κ2) is 6.16. The van der Waals surface area contributed by atoms with Crippen LogP contribution in [0.15, 0.2) is 18.2 Å². The van der Waals surface area contributed by atoms with Crippen LogP contribution in [0.4, 0.5) is 10.1 Å². The largest absolute Gasteiger partial charge is 0.396 e. The average molecular weight is 327 g/mol. The second-order valence-corrected chi connectivity index (χ2v) is 9.35. The summed E-state index contributed by atoms with van der Waals surface area (Å²) in [6.07, 6.45) is 3.94. The molecule has 0 bridgehead atoms. The second-order valence-electron chi connectivity index (χ2n) is 6.91. The molecule has 4 nitrogen and oxygen atoms in total. The van der Waals surface area contributed by atoms with Crippen molar-refractivity contribution in [2.75, 3.05) is 5.73 Å². The third-order valence-corrected chi connectivity index (χ3v) is 6.04. The summed E-state index contributed by atoms with van der Waals surface area (Å²) in [5.74, 6) is 0.177. The number of nitrogen functional groups attached to an aromatic ring is 1. The van der Waals surface area contributed by atoms with Crippen LogP contribution in [0.1, 0.15) is 52.0 Å². The highest BCUT2D eigenvalue weighted by Crippen LogP contribution is 2.36. The van der Waals surface area contributed by atoms with Crippen molar-refractivity contribution in [3.63, 3.8) is 0 Å². The Morgan fingerprint density at radius 1 is 1.36 bits per heavy atom. The Morgan fingerprint density at radius 2 is 2.00 bits per heavy atom. The van der Waals surface area contributed by atoms with Crippen molar-refractivity contribution in [2.24, 2.45) is 5.92 Å². The topological polar surface area (TPSA) is 72.2 Å². The zero-order chi connectivity index (χ0) is 16.5. The number of nitrogens with one attached hydrogen (secondary N) is 1. The van der Waals surface area contributed by atoms with E-state index in [1.165, 1.54) is 25.0 Å². The number of hydrogen-bond acceptors (Lipinski definition) is 3. The molecule has 123 valence electrons. The quantitative estimate of drug-likeness (QED) is 0.788. The van der Waals surface area contributed by atoms with Gasteiger partial charge >= 0.3 is 0 Å². The fraction of sp³-hybridized carbons (Fsp3) is 0.562. The number of sulfonamides is 1. The number of halogens is 1. The molecule has 2 rings (SSSR count). The molecule has 0 saturated heterocycles. The average Bonchev–Trinajstić information content (AvgIpc) is 3.20. The van der Waals surface area contributed by atoms with Crippen LogP contribution in [0.5, 0.6) is 0 Å². The third kappa shape index (κ3) is 4.20. The lowest BCUT2D eigenvalue weighted by molar-refractivity contribution is 0.541. The van der Waals surface area contributed by atoms with Gasteiger partial charge in [-0.05, 0) is 57.2 Å². The molecule has 22 heavy (non-hydrogen) atoms. The van der Waals surface area contributed by atoms with Crippen molar-refractivity contribution in [1.82, 2.24) is 4.72 Å². The van der Waals surface area contributed by atoms with Crippen molar-refractivity contribution in [3.05, 3.63) is 35.6 Å². The van der Waals surface area contributed by atoms with Crippen LogP contribution in [-0.2, 0) is 10.0 Å². The van der Waals surface area contributed by atoms with Crippen LogP contribution >= 0.6 is 0 Å². The number of hydrogen-bond donors (Lipinski definition) is 2. The van der Waals surface area contributed by atoms with Gasteiger partial charge in [-0.2, -0.15) is 0 Å². The summed E-state index contributed by atoms with van der Waals surface area (Å²) in [4.78, 5) is 0. The number of nitrogens with two attached hydrogens (primary N) is 1. The molecule has 0 aromatic heterocycles. The summed E-state index contributed by atoms with van der Waals surface area (Å²) in [6.45, 7) is 4.94. The normalized spacial score (nSPS) is 16.2. The van der Waals surface area contributed by atoms with E-state index in [2.05, 4.69) is 4.72 Å². The van der Waals surface area contributed by atoms with Gasteiger partial charge in [-0.25, -0.2) is 17.5 Å². The van der Waals surface area contributed by atoms with Gasteiger partial charge in [0.2, 0.25) is 10.0 Å². The Bertz CT molecular complexity index is 634. The fourth-order valence-electron chi connectivity index (χ4n) is 2.06. The maximum Gasteiger partial charge on any atom is 0.217 e.